The fourth-order valence-corrected chi connectivity index (χ4v) is 1.83. The molecule has 8 nitrogen and oxygen atoms in total. The average molecular weight is 267 g/mol. The summed E-state index contributed by atoms with van der Waals surface area (Å²) in [5.41, 5.74) is 1.08. The standard InChI is InChI=1S/C12H9N7O/c1-18-10(8(5-13)6-15-18)17-12(20)9-7-16-19-4-2-3-14-11(9)19/h2-4,6-7H,1H3,(H,17,20). The number of hydrogen-bond acceptors (Lipinski definition) is 5. The van der Waals surface area contributed by atoms with Gasteiger partial charge < -0.3 is 5.32 Å². The quantitative estimate of drug-likeness (QED) is 0.732. The topological polar surface area (TPSA) is 101 Å². The highest BCUT2D eigenvalue weighted by Crippen LogP contribution is 2.15. The van der Waals surface area contributed by atoms with E-state index in [1.807, 2.05) is 6.07 Å². The van der Waals surface area contributed by atoms with Gasteiger partial charge in [0.05, 0.1) is 12.4 Å². The Morgan fingerprint density at radius 1 is 1.40 bits per heavy atom. The lowest BCUT2D eigenvalue weighted by molar-refractivity contribution is 0.102. The van der Waals surface area contributed by atoms with Crippen LogP contribution < -0.4 is 5.32 Å². The lowest BCUT2D eigenvalue weighted by atomic mass is 10.3. The highest BCUT2D eigenvalue weighted by Gasteiger charge is 2.17. The maximum atomic E-state index is 12.3. The number of carbonyl (C=O) groups is 1. The Bertz CT molecular complexity index is 839. The van der Waals surface area contributed by atoms with Gasteiger partial charge in [-0.15, -0.1) is 0 Å². The number of amides is 1. The summed E-state index contributed by atoms with van der Waals surface area (Å²) in [6.07, 6.45) is 6.10. The van der Waals surface area contributed by atoms with Gasteiger partial charge in [-0.3, -0.25) is 9.48 Å². The predicted octanol–water partition coefficient (Wildman–Crippen LogP) is 0.587. The zero-order chi connectivity index (χ0) is 14.1. The van der Waals surface area contributed by atoms with Gasteiger partial charge in [0.2, 0.25) is 0 Å². The van der Waals surface area contributed by atoms with Crippen LogP contribution in [-0.2, 0) is 7.05 Å². The number of anilines is 1. The predicted molar refractivity (Wildman–Crippen MR) is 68.9 cm³/mol. The van der Waals surface area contributed by atoms with E-state index in [1.54, 1.807) is 25.5 Å². The van der Waals surface area contributed by atoms with E-state index in [0.717, 1.165) is 0 Å². The summed E-state index contributed by atoms with van der Waals surface area (Å²) in [6, 6.07) is 3.69. The van der Waals surface area contributed by atoms with Crippen LogP contribution in [0.3, 0.4) is 0 Å². The number of aromatic nitrogens is 5. The van der Waals surface area contributed by atoms with Crippen molar-refractivity contribution < 1.29 is 4.79 Å². The normalized spacial score (nSPS) is 10.4. The molecule has 20 heavy (non-hydrogen) atoms. The Hall–Kier alpha value is -3.21. The zero-order valence-electron chi connectivity index (χ0n) is 10.5. The largest absolute Gasteiger partial charge is 0.305 e. The van der Waals surface area contributed by atoms with Crippen LogP contribution in [0.1, 0.15) is 15.9 Å². The third-order valence-corrected chi connectivity index (χ3v) is 2.82. The second kappa shape index (κ2) is 4.47. The monoisotopic (exact) mass is 267 g/mol. The molecule has 0 bridgehead atoms. The first-order valence-electron chi connectivity index (χ1n) is 5.72. The molecule has 0 saturated carbocycles. The van der Waals surface area contributed by atoms with Gasteiger partial charge in [-0.1, -0.05) is 0 Å². The minimum absolute atomic E-state index is 0.297. The summed E-state index contributed by atoms with van der Waals surface area (Å²) < 4.78 is 2.93. The van der Waals surface area contributed by atoms with Crippen LogP contribution in [-0.4, -0.2) is 30.3 Å². The van der Waals surface area contributed by atoms with E-state index in [2.05, 4.69) is 20.5 Å². The summed E-state index contributed by atoms with van der Waals surface area (Å²) in [4.78, 5) is 16.4. The van der Waals surface area contributed by atoms with Gasteiger partial charge in [0, 0.05) is 19.4 Å². The summed E-state index contributed by atoms with van der Waals surface area (Å²) in [5.74, 6) is -0.0495. The second-order valence-electron chi connectivity index (χ2n) is 4.04. The number of carbonyl (C=O) groups excluding carboxylic acids is 1. The number of hydrogen-bond donors (Lipinski definition) is 1. The summed E-state index contributed by atoms with van der Waals surface area (Å²) in [7, 11) is 1.64. The Morgan fingerprint density at radius 2 is 2.25 bits per heavy atom. The highest BCUT2D eigenvalue weighted by molar-refractivity contribution is 6.08. The molecule has 0 aliphatic rings. The van der Waals surface area contributed by atoms with E-state index in [9.17, 15) is 4.79 Å². The summed E-state index contributed by atoms with van der Waals surface area (Å²) in [6.45, 7) is 0. The lowest BCUT2D eigenvalue weighted by Gasteiger charge is -2.04. The van der Waals surface area contributed by atoms with E-state index >= 15 is 0 Å². The fraction of sp³-hybridized carbons (Fsp3) is 0.0833. The molecule has 0 aliphatic heterocycles. The SMILES string of the molecule is Cn1ncc(C#N)c1NC(=O)c1cnn2cccnc12. The van der Waals surface area contributed by atoms with Gasteiger partial charge in [0.15, 0.2) is 5.65 Å². The number of fused-ring (bicyclic) bond motifs is 1. The molecule has 1 N–H and O–H groups in total. The third-order valence-electron chi connectivity index (χ3n) is 2.82. The number of rotatable bonds is 2. The van der Waals surface area contributed by atoms with Crippen molar-refractivity contribution in [3.63, 3.8) is 0 Å². The average Bonchev–Trinajstić information content (AvgIpc) is 3.03. The van der Waals surface area contributed by atoms with Crippen LogP contribution in [0.15, 0.2) is 30.9 Å². The number of nitrogens with zero attached hydrogens (tertiary/aromatic N) is 6. The minimum Gasteiger partial charge on any atom is -0.305 e. The van der Waals surface area contributed by atoms with Crippen molar-refractivity contribution in [3.05, 3.63) is 42.0 Å². The molecule has 0 aliphatic carbocycles. The van der Waals surface area contributed by atoms with E-state index in [4.69, 9.17) is 5.26 Å². The van der Waals surface area contributed by atoms with Crippen molar-refractivity contribution in [3.8, 4) is 6.07 Å². The van der Waals surface area contributed by atoms with Gasteiger partial charge in [-0.2, -0.15) is 15.5 Å². The first kappa shape index (κ1) is 11.9. The van der Waals surface area contributed by atoms with Crippen LogP contribution in [0.4, 0.5) is 5.82 Å². The highest BCUT2D eigenvalue weighted by atomic mass is 16.1. The Labute approximate surface area is 113 Å². The number of nitrogens with one attached hydrogen (secondary N) is 1. The first-order valence-corrected chi connectivity index (χ1v) is 5.72. The molecule has 3 rings (SSSR count). The molecule has 0 radical (unpaired) electrons. The van der Waals surface area contributed by atoms with E-state index in [1.165, 1.54) is 21.6 Å². The van der Waals surface area contributed by atoms with Crippen molar-refractivity contribution >= 4 is 17.4 Å². The van der Waals surface area contributed by atoms with Crippen molar-refractivity contribution in [2.45, 2.75) is 0 Å². The fourth-order valence-electron chi connectivity index (χ4n) is 1.83. The van der Waals surface area contributed by atoms with E-state index < -0.39 is 0 Å². The van der Waals surface area contributed by atoms with Gasteiger partial charge in [0.25, 0.3) is 5.91 Å². The number of nitriles is 1. The molecule has 3 heterocycles. The van der Waals surface area contributed by atoms with E-state index in [0.29, 0.717) is 22.6 Å². The summed E-state index contributed by atoms with van der Waals surface area (Å²) in [5, 5.41) is 19.6. The van der Waals surface area contributed by atoms with Crippen molar-refractivity contribution in [2.24, 2.45) is 7.05 Å². The molecular weight excluding hydrogens is 258 g/mol. The maximum Gasteiger partial charge on any atom is 0.262 e. The molecule has 1 amide bonds. The molecule has 0 saturated heterocycles. The molecule has 0 atom stereocenters. The maximum absolute atomic E-state index is 12.3. The molecule has 0 fully saturated rings. The molecule has 3 aromatic rings. The molecular formula is C12H9N7O. The minimum atomic E-state index is -0.390. The van der Waals surface area contributed by atoms with E-state index in [-0.39, 0.29) is 5.91 Å². The molecule has 0 spiro atoms. The van der Waals surface area contributed by atoms with Crippen molar-refractivity contribution in [1.29, 1.82) is 5.26 Å². The van der Waals surface area contributed by atoms with Gasteiger partial charge >= 0.3 is 0 Å². The van der Waals surface area contributed by atoms with Crippen LogP contribution in [0.5, 0.6) is 0 Å². The van der Waals surface area contributed by atoms with Crippen LogP contribution in [0.2, 0.25) is 0 Å². The Balaban J connectivity index is 1.98. The zero-order valence-corrected chi connectivity index (χ0v) is 10.5. The third kappa shape index (κ3) is 1.78. The molecule has 98 valence electrons. The molecule has 8 heteroatoms. The molecule has 0 unspecified atom stereocenters. The van der Waals surface area contributed by atoms with Gasteiger partial charge in [-0.05, 0) is 6.07 Å². The number of aryl methyl sites for hydroxylation is 1. The lowest BCUT2D eigenvalue weighted by Crippen LogP contribution is -2.15. The molecule has 0 aromatic carbocycles. The first-order chi connectivity index (χ1) is 9.70. The van der Waals surface area contributed by atoms with Gasteiger partial charge in [0.1, 0.15) is 23.0 Å². The van der Waals surface area contributed by atoms with Crippen molar-refractivity contribution in [2.75, 3.05) is 5.32 Å². The van der Waals surface area contributed by atoms with Crippen LogP contribution in [0.25, 0.3) is 5.65 Å². The van der Waals surface area contributed by atoms with Crippen LogP contribution >= 0.6 is 0 Å². The molecule has 3 aromatic heterocycles. The summed E-state index contributed by atoms with van der Waals surface area (Å²) >= 11 is 0. The Kier molecular flexibility index (Phi) is 2.65. The smallest absolute Gasteiger partial charge is 0.262 e. The second-order valence-corrected chi connectivity index (χ2v) is 4.04. The van der Waals surface area contributed by atoms with Crippen LogP contribution in [0, 0.1) is 11.3 Å². The Morgan fingerprint density at radius 3 is 3.05 bits per heavy atom. The van der Waals surface area contributed by atoms with Crippen molar-refractivity contribution in [1.82, 2.24) is 24.4 Å². The van der Waals surface area contributed by atoms with Gasteiger partial charge in [-0.25, -0.2) is 9.50 Å².